The summed E-state index contributed by atoms with van der Waals surface area (Å²) in [5.74, 6) is -1.48. The molecule has 0 aliphatic carbocycles. The number of carbonyl (C=O) groups is 3. The van der Waals surface area contributed by atoms with E-state index in [-0.39, 0.29) is 43.8 Å². The van der Waals surface area contributed by atoms with Crippen LogP contribution in [0.4, 0.5) is 0 Å². The molecule has 0 saturated heterocycles. The zero-order valence-corrected chi connectivity index (χ0v) is 19.2. The van der Waals surface area contributed by atoms with E-state index in [2.05, 4.69) is 10.6 Å². The lowest BCUT2D eigenvalue weighted by molar-refractivity contribution is -0.145. The first-order valence-corrected chi connectivity index (χ1v) is 11.6. The Kier molecular flexibility index (Phi) is 9.85. The van der Waals surface area contributed by atoms with Crippen LogP contribution in [-0.4, -0.2) is 42.1 Å². The molecule has 3 N–H and O–H groups in total. The number of hydrogen-bond donors (Lipinski definition) is 3. The number of aliphatic hydroxyl groups is 1. The lowest BCUT2D eigenvalue weighted by atomic mass is 9.97. The van der Waals surface area contributed by atoms with E-state index in [1.165, 1.54) is 0 Å². The van der Waals surface area contributed by atoms with E-state index >= 15 is 0 Å². The van der Waals surface area contributed by atoms with E-state index in [0.29, 0.717) is 19.3 Å². The van der Waals surface area contributed by atoms with Crippen LogP contribution in [0.3, 0.4) is 0 Å². The van der Waals surface area contributed by atoms with Gasteiger partial charge in [-0.3, -0.25) is 14.4 Å². The van der Waals surface area contributed by atoms with Crippen LogP contribution in [-0.2, 0) is 25.5 Å². The maximum Gasteiger partial charge on any atom is 0.306 e. The van der Waals surface area contributed by atoms with Crippen LogP contribution in [0.25, 0.3) is 0 Å². The van der Waals surface area contributed by atoms with E-state index in [1.54, 1.807) is 0 Å². The molecule has 0 fully saturated rings. The molecule has 180 valence electrons. The summed E-state index contributed by atoms with van der Waals surface area (Å²) in [6.07, 6.45) is 5.30. The second-order valence-corrected chi connectivity index (χ2v) is 8.44. The lowest BCUT2D eigenvalue weighted by Gasteiger charge is -2.24. The van der Waals surface area contributed by atoms with Crippen molar-refractivity contribution in [1.29, 1.82) is 0 Å². The minimum absolute atomic E-state index is 0.0112. The van der Waals surface area contributed by atoms with Gasteiger partial charge in [-0.2, -0.15) is 0 Å². The van der Waals surface area contributed by atoms with Crippen LogP contribution in [0.15, 0.2) is 72.8 Å². The van der Waals surface area contributed by atoms with E-state index in [1.807, 2.05) is 72.8 Å². The van der Waals surface area contributed by atoms with Gasteiger partial charge in [0.1, 0.15) is 6.61 Å². The van der Waals surface area contributed by atoms with Crippen LogP contribution >= 0.6 is 0 Å². The molecule has 34 heavy (non-hydrogen) atoms. The topological polar surface area (TPSA) is 105 Å². The third-order valence-electron chi connectivity index (χ3n) is 5.74. The number of aliphatic hydroxyl groups excluding tert-OH is 1. The number of esters is 1. The normalized spacial score (nSPS) is 20.3. The van der Waals surface area contributed by atoms with Gasteiger partial charge in [-0.15, -0.1) is 0 Å². The Morgan fingerprint density at radius 2 is 1.76 bits per heavy atom. The van der Waals surface area contributed by atoms with Crippen molar-refractivity contribution in [3.8, 4) is 0 Å². The average molecular weight is 465 g/mol. The van der Waals surface area contributed by atoms with Gasteiger partial charge < -0.3 is 20.5 Å². The molecule has 1 heterocycles. The number of carbonyl (C=O) groups excluding carboxylic acids is 3. The molecule has 0 unspecified atom stereocenters. The SMILES string of the molecule is O=C(C[C@H]1CC=CCCC(=O)OC[C@H](c2ccccc2)NC1=O)N[C@H](CO)Cc1ccccc1. The van der Waals surface area contributed by atoms with Crippen molar-refractivity contribution in [3.05, 3.63) is 83.9 Å². The Hall–Kier alpha value is -3.45. The Morgan fingerprint density at radius 1 is 1.06 bits per heavy atom. The first kappa shape index (κ1) is 25.2. The maximum atomic E-state index is 13.2. The van der Waals surface area contributed by atoms with Crippen molar-refractivity contribution in [2.75, 3.05) is 13.2 Å². The van der Waals surface area contributed by atoms with Crippen molar-refractivity contribution in [1.82, 2.24) is 10.6 Å². The summed E-state index contributed by atoms with van der Waals surface area (Å²) in [7, 11) is 0. The number of ether oxygens (including phenoxy) is 1. The Labute approximate surface area is 200 Å². The number of allylic oxidation sites excluding steroid dienone is 2. The summed E-state index contributed by atoms with van der Waals surface area (Å²) in [6, 6.07) is 18.0. The summed E-state index contributed by atoms with van der Waals surface area (Å²) >= 11 is 0. The third-order valence-corrected chi connectivity index (χ3v) is 5.74. The maximum absolute atomic E-state index is 13.2. The second kappa shape index (κ2) is 13.3. The van der Waals surface area contributed by atoms with Gasteiger partial charge in [0.25, 0.3) is 0 Å². The number of amides is 2. The molecule has 1 aliphatic rings. The summed E-state index contributed by atoms with van der Waals surface area (Å²) in [5, 5.41) is 15.5. The molecule has 7 nitrogen and oxygen atoms in total. The molecule has 2 amide bonds. The third kappa shape index (κ3) is 8.15. The molecule has 3 atom stereocenters. The van der Waals surface area contributed by atoms with Gasteiger partial charge in [-0.1, -0.05) is 72.8 Å². The van der Waals surface area contributed by atoms with Gasteiger partial charge >= 0.3 is 5.97 Å². The minimum Gasteiger partial charge on any atom is -0.463 e. The number of nitrogens with one attached hydrogen (secondary N) is 2. The molecule has 2 aromatic carbocycles. The summed E-state index contributed by atoms with van der Waals surface area (Å²) < 4.78 is 5.38. The predicted molar refractivity (Wildman–Crippen MR) is 129 cm³/mol. The Balaban J connectivity index is 1.68. The van der Waals surface area contributed by atoms with Gasteiger partial charge in [0.05, 0.1) is 24.6 Å². The predicted octanol–water partition coefficient (Wildman–Crippen LogP) is 2.85. The first-order chi connectivity index (χ1) is 16.5. The van der Waals surface area contributed by atoms with E-state index in [9.17, 15) is 19.5 Å². The van der Waals surface area contributed by atoms with Crippen molar-refractivity contribution in [2.24, 2.45) is 5.92 Å². The Bertz CT molecular complexity index is 962. The van der Waals surface area contributed by atoms with Crippen molar-refractivity contribution >= 4 is 17.8 Å². The first-order valence-electron chi connectivity index (χ1n) is 11.6. The highest BCUT2D eigenvalue weighted by Crippen LogP contribution is 2.18. The van der Waals surface area contributed by atoms with E-state index in [0.717, 1.165) is 11.1 Å². The largest absolute Gasteiger partial charge is 0.463 e. The van der Waals surface area contributed by atoms with Gasteiger partial charge in [0.15, 0.2) is 0 Å². The molecule has 0 radical (unpaired) electrons. The smallest absolute Gasteiger partial charge is 0.306 e. The molecule has 1 aliphatic heterocycles. The minimum atomic E-state index is -0.589. The van der Waals surface area contributed by atoms with Crippen LogP contribution < -0.4 is 10.6 Å². The van der Waals surface area contributed by atoms with Gasteiger partial charge in [-0.25, -0.2) is 0 Å². The molecule has 0 spiro atoms. The van der Waals surface area contributed by atoms with Crippen molar-refractivity contribution < 1.29 is 24.2 Å². The number of cyclic esters (lactones) is 1. The fourth-order valence-corrected chi connectivity index (χ4v) is 3.88. The molecular formula is C27H32N2O5. The number of hydrogen-bond acceptors (Lipinski definition) is 5. The molecule has 7 heteroatoms. The van der Waals surface area contributed by atoms with Crippen molar-refractivity contribution in [2.45, 2.75) is 44.2 Å². The van der Waals surface area contributed by atoms with Crippen LogP contribution in [0.1, 0.15) is 42.9 Å². The van der Waals surface area contributed by atoms with Gasteiger partial charge in [0, 0.05) is 12.8 Å². The molecule has 0 bridgehead atoms. The summed E-state index contributed by atoms with van der Waals surface area (Å²) in [4.78, 5) is 37.9. The van der Waals surface area contributed by atoms with Crippen LogP contribution in [0.5, 0.6) is 0 Å². The molecular weight excluding hydrogens is 432 g/mol. The summed E-state index contributed by atoms with van der Waals surface area (Å²) in [6.45, 7) is -0.167. The highest BCUT2D eigenvalue weighted by Gasteiger charge is 2.26. The Morgan fingerprint density at radius 3 is 2.47 bits per heavy atom. The fourth-order valence-electron chi connectivity index (χ4n) is 3.88. The monoisotopic (exact) mass is 464 g/mol. The second-order valence-electron chi connectivity index (χ2n) is 8.44. The lowest BCUT2D eigenvalue weighted by Crippen LogP contribution is -2.42. The molecule has 3 rings (SSSR count). The highest BCUT2D eigenvalue weighted by atomic mass is 16.5. The van der Waals surface area contributed by atoms with Gasteiger partial charge in [0.2, 0.25) is 11.8 Å². The summed E-state index contributed by atoms with van der Waals surface area (Å²) in [5.41, 5.74) is 1.83. The van der Waals surface area contributed by atoms with E-state index in [4.69, 9.17) is 4.74 Å². The molecule has 0 aromatic heterocycles. The van der Waals surface area contributed by atoms with E-state index < -0.39 is 18.0 Å². The molecule has 2 aromatic rings. The standard InChI is InChI=1S/C27H32N2O5/c30-18-23(16-20-10-4-1-5-11-20)28-25(31)17-22-14-8-3-9-15-26(32)34-19-24(29-27(22)33)21-12-6-2-7-13-21/h1-8,10-13,22-24,30H,9,14-19H2,(H,28,31)(H,29,33)/t22-,23+,24-/m1/s1. The zero-order valence-electron chi connectivity index (χ0n) is 19.2. The van der Waals surface area contributed by atoms with Crippen LogP contribution in [0, 0.1) is 5.92 Å². The quantitative estimate of drug-likeness (QED) is 0.432. The average Bonchev–Trinajstić information content (AvgIpc) is 2.85. The zero-order chi connectivity index (χ0) is 24.2. The highest BCUT2D eigenvalue weighted by molar-refractivity contribution is 5.86. The number of rotatable bonds is 7. The van der Waals surface area contributed by atoms with Gasteiger partial charge in [-0.05, 0) is 30.4 Å². The fraction of sp³-hybridized carbons (Fsp3) is 0.370. The van der Waals surface area contributed by atoms with Crippen molar-refractivity contribution in [3.63, 3.8) is 0 Å². The number of benzene rings is 2. The van der Waals surface area contributed by atoms with Crippen LogP contribution in [0.2, 0.25) is 0 Å². The molecule has 0 saturated carbocycles.